The van der Waals surface area contributed by atoms with Crippen molar-refractivity contribution in [2.75, 3.05) is 6.54 Å². The first-order valence-electron chi connectivity index (χ1n) is 7.14. The molecular weight excluding hydrogens is 253 g/mol. The van der Waals surface area contributed by atoms with Crippen LogP contribution in [0.2, 0.25) is 0 Å². The fraction of sp³-hybridized carbons (Fsp3) is 0.412. The van der Waals surface area contributed by atoms with Crippen LogP contribution in [0, 0.1) is 19.7 Å². The predicted octanol–water partition coefficient (Wildman–Crippen LogP) is 4.30. The Morgan fingerprint density at radius 1 is 1.20 bits per heavy atom. The van der Waals surface area contributed by atoms with Gasteiger partial charge in [-0.2, -0.15) is 0 Å². The first kappa shape index (κ1) is 14.8. The number of halogens is 1. The Hall–Kier alpha value is -1.61. The minimum Gasteiger partial charge on any atom is -0.469 e. The van der Waals surface area contributed by atoms with E-state index < -0.39 is 0 Å². The zero-order chi connectivity index (χ0) is 14.7. The third-order valence-corrected chi connectivity index (χ3v) is 3.61. The Morgan fingerprint density at radius 3 is 2.40 bits per heavy atom. The summed E-state index contributed by atoms with van der Waals surface area (Å²) in [6.45, 7) is 8.61. The van der Waals surface area contributed by atoms with E-state index in [2.05, 4.69) is 19.2 Å². The smallest absolute Gasteiger partial charge is 0.129 e. The molecule has 0 spiro atoms. The lowest BCUT2D eigenvalue weighted by molar-refractivity contribution is 0.501. The lowest BCUT2D eigenvalue weighted by Gasteiger charge is -2.20. The molecular formula is C17H22FNO. The van der Waals surface area contributed by atoms with Gasteiger partial charge in [0, 0.05) is 12.0 Å². The van der Waals surface area contributed by atoms with E-state index in [4.69, 9.17) is 4.42 Å². The topological polar surface area (TPSA) is 25.2 Å². The molecule has 3 heteroatoms. The predicted molar refractivity (Wildman–Crippen MR) is 79.5 cm³/mol. The summed E-state index contributed by atoms with van der Waals surface area (Å²) in [5.41, 5.74) is 3.59. The van der Waals surface area contributed by atoms with Gasteiger partial charge < -0.3 is 9.73 Å². The molecule has 1 aromatic heterocycles. The van der Waals surface area contributed by atoms with Gasteiger partial charge >= 0.3 is 0 Å². The number of rotatable bonds is 5. The van der Waals surface area contributed by atoms with E-state index in [1.807, 2.05) is 32.0 Å². The van der Waals surface area contributed by atoms with Crippen molar-refractivity contribution in [2.45, 2.75) is 40.2 Å². The van der Waals surface area contributed by atoms with Crippen molar-refractivity contribution in [3.8, 4) is 0 Å². The van der Waals surface area contributed by atoms with E-state index in [9.17, 15) is 4.39 Å². The highest BCUT2D eigenvalue weighted by atomic mass is 19.1. The summed E-state index contributed by atoms with van der Waals surface area (Å²) >= 11 is 0. The molecule has 0 amide bonds. The average Bonchev–Trinajstić information content (AvgIpc) is 2.89. The molecule has 0 saturated carbocycles. The highest BCUT2D eigenvalue weighted by Gasteiger charge is 2.19. The molecule has 0 aliphatic rings. The first-order chi connectivity index (χ1) is 9.58. The van der Waals surface area contributed by atoms with Crippen molar-refractivity contribution in [1.29, 1.82) is 0 Å². The van der Waals surface area contributed by atoms with Crippen LogP contribution in [0.5, 0.6) is 0 Å². The number of aryl methyl sites for hydroxylation is 3. The fourth-order valence-electron chi connectivity index (χ4n) is 2.65. The van der Waals surface area contributed by atoms with E-state index in [1.54, 1.807) is 6.26 Å². The summed E-state index contributed by atoms with van der Waals surface area (Å²) in [5, 5.41) is 3.47. The zero-order valence-corrected chi connectivity index (χ0v) is 12.6. The maximum atomic E-state index is 13.8. The molecule has 1 atom stereocenters. The minimum absolute atomic E-state index is 0.0479. The second-order valence-corrected chi connectivity index (χ2v) is 5.11. The van der Waals surface area contributed by atoms with Crippen LogP contribution in [0.3, 0.4) is 0 Å². The highest BCUT2D eigenvalue weighted by Crippen LogP contribution is 2.28. The molecule has 0 fully saturated rings. The van der Waals surface area contributed by atoms with Gasteiger partial charge in [-0.05, 0) is 43.1 Å². The van der Waals surface area contributed by atoms with E-state index in [1.165, 1.54) is 0 Å². The lowest BCUT2D eigenvalue weighted by atomic mass is 9.95. The maximum Gasteiger partial charge on any atom is 0.129 e. The van der Waals surface area contributed by atoms with Crippen LogP contribution in [-0.2, 0) is 6.42 Å². The van der Waals surface area contributed by atoms with Crippen LogP contribution in [0.25, 0.3) is 0 Å². The van der Waals surface area contributed by atoms with Gasteiger partial charge in [0.05, 0.1) is 12.3 Å². The van der Waals surface area contributed by atoms with Gasteiger partial charge in [0.25, 0.3) is 0 Å². The van der Waals surface area contributed by atoms with Crippen LogP contribution in [0.15, 0.2) is 28.9 Å². The summed E-state index contributed by atoms with van der Waals surface area (Å²) in [5.74, 6) is 0.863. The van der Waals surface area contributed by atoms with Crippen molar-refractivity contribution < 1.29 is 8.81 Å². The second-order valence-electron chi connectivity index (χ2n) is 5.11. The molecule has 1 aromatic carbocycles. The van der Waals surface area contributed by atoms with Gasteiger partial charge in [0.2, 0.25) is 0 Å². The number of furan rings is 1. The molecule has 2 rings (SSSR count). The van der Waals surface area contributed by atoms with Gasteiger partial charge in [-0.25, -0.2) is 4.39 Å². The highest BCUT2D eigenvalue weighted by molar-refractivity contribution is 5.38. The van der Waals surface area contributed by atoms with Gasteiger partial charge in [-0.1, -0.05) is 26.0 Å². The van der Waals surface area contributed by atoms with E-state index >= 15 is 0 Å². The molecule has 0 aliphatic heterocycles. The Balaban J connectivity index is 2.48. The molecule has 1 unspecified atom stereocenters. The Kier molecular flexibility index (Phi) is 4.61. The SMILES string of the molecule is CCNC(c1cc(C)c(F)c(C)c1)c1ccoc1CC. The fourth-order valence-corrected chi connectivity index (χ4v) is 2.65. The molecule has 0 bridgehead atoms. The summed E-state index contributed by atoms with van der Waals surface area (Å²) in [6.07, 6.45) is 2.57. The van der Waals surface area contributed by atoms with Crippen LogP contribution in [0.4, 0.5) is 4.39 Å². The number of hydrogen-bond donors (Lipinski definition) is 1. The third kappa shape index (κ3) is 2.78. The largest absolute Gasteiger partial charge is 0.469 e. The van der Waals surface area contributed by atoms with Crippen LogP contribution < -0.4 is 5.32 Å². The van der Waals surface area contributed by atoms with Crippen molar-refractivity contribution in [3.05, 3.63) is 58.3 Å². The van der Waals surface area contributed by atoms with E-state index in [0.717, 1.165) is 29.9 Å². The molecule has 2 aromatic rings. The molecule has 2 nitrogen and oxygen atoms in total. The lowest BCUT2D eigenvalue weighted by Crippen LogP contribution is -2.23. The minimum atomic E-state index is -0.119. The number of hydrogen-bond acceptors (Lipinski definition) is 2. The quantitative estimate of drug-likeness (QED) is 0.880. The summed E-state index contributed by atoms with van der Waals surface area (Å²) < 4.78 is 19.3. The number of benzene rings is 1. The second kappa shape index (κ2) is 6.23. The molecule has 20 heavy (non-hydrogen) atoms. The Labute approximate surface area is 120 Å². The van der Waals surface area contributed by atoms with Crippen LogP contribution >= 0.6 is 0 Å². The number of nitrogens with one attached hydrogen (secondary N) is 1. The van der Waals surface area contributed by atoms with Gasteiger partial charge in [-0.15, -0.1) is 0 Å². The van der Waals surface area contributed by atoms with Crippen molar-refractivity contribution in [1.82, 2.24) is 5.32 Å². The monoisotopic (exact) mass is 275 g/mol. The average molecular weight is 275 g/mol. The zero-order valence-electron chi connectivity index (χ0n) is 12.6. The molecule has 108 valence electrons. The first-order valence-corrected chi connectivity index (χ1v) is 7.14. The summed E-state index contributed by atoms with van der Waals surface area (Å²) in [4.78, 5) is 0. The Morgan fingerprint density at radius 2 is 1.85 bits per heavy atom. The third-order valence-electron chi connectivity index (χ3n) is 3.61. The van der Waals surface area contributed by atoms with Gasteiger partial charge in [0.15, 0.2) is 0 Å². The van der Waals surface area contributed by atoms with E-state index in [-0.39, 0.29) is 11.9 Å². The summed E-state index contributed by atoms with van der Waals surface area (Å²) in [7, 11) is 0. The van der Waals surface area contributed by atoms with Crippen LogP contribution in [0.1, 0.15) is 47.9 Å². The van der Waals surface area contributed by atoms with Crippen LogP contribution in [-0.4, -0.2) is 6.54 Å². The molecule has 1 N–H and O–H groups in total. The van der Waals surface area contributed by atoms with Gasteiger partial charge in [0.1, 0.15) is 11.6 Å². The summed E-state index contributed by atoms with van der Waals surface area (Å²) in [6, 6.07) is 5.89. The van der Waals surface area contributed by atoms with Crippen molar-refractivity contribution in [3.63, 3.8) is 0 Å². The molecule has 0 aliphatic carbocycles. The molecule has 1 heterocycles. The normalized spacial score (nSPS) is 12.7. The maximum absolute atomic E-state index is 13.8. The van der Waals surface area contributed by atoms with Gasteiger partial charge in [-0.3, -0.25) is 0 Å². The molecule has 0 radical (unpaired) electrons. The Bertz CT molecular complexity index is 565. The standard InChI is InChI=1S/C17H22FNO/c1-5-15-14(7-8-20-15)17(19-6-2)13-9-11(3)16(18)12(4)10-13/h7-10,17,19H,5-6H2,1-4H3. The van der Waals surface area contributed by atoms with E-state index in [0.29, 0.717) is 11.1 Å². The van der Waals surface area contributed by atoms with Crippen molar-refractivity contribution >= 4 is 0 Å². The molecule has 0 saturated heterocycles. The van der Waals surface area contributed by atoms with Crippen molar-refractivity contribution in [2.24, 2.45) is 0 Å².